The fourth-order valence-corrected chi connectivity index (χ4v) is 4.92. The summed E-state index contributed by atoms with van der Waals surface area (Å²) in [5.74, 6) is 0.240. The third kappa shape index (κ3) is 4.08. The van der Waals surface area contributed by atoms with Gasteiger partial charge < -0.3 is 4.74 Å². The molecule has 0 N–H and O–H groups in total. The Morgan fingerprint density at radius 2 is 2.08 bits per heavy atom. The molecule has 0 aliphatic heterocycles. The molecule has 2 aromatic heterocycles. The summed E-state index contributed by atoms with van der Waals surface area (Å²) in [6.07, 6.45) is 2.97. The highest BCUT2D eigenvalue weighted by Gasteiger charge is 2.35. The van der Waals surface area contributed by atoms with Crippen LogP contribution in [0.3, 0.4) is 0 Å². The highest BCUT2D eigenvalue weighted by molar-refractivity contribution is 9.10. The van der Waals surface area contributed by atoms with Crippen molar-refractivity contribution in [2.24, 2.45) is 5.92 Å². The van der Waals surface area contributed by atoms with Crippen LogP contribution in [0.2, 0.25) is 0 Å². The van der Waals surface area contributed by atoms with Crippen molar-refractivity contribution in [3.05, 3.63) is 62.4 Å². The van der Waals surface area contributed by atoms with Gasteiger partial charge in [-0.15, -0.1) is 22.7 Å². The van der Waals surface area contributed by atoms with E-state index in [1.165, 1.54) is 16.9 Å². The average Bonchev–Trinajstić information content (AvgIpc) is 3.18. The largest absolute Gasteiger partial charge is 0.457 e. The monoisotopic (exact) mass is 447 g/mol. The molecule has 6 heteroatoms. The fourth-order valence-electron chi connectivity index (χ4n) is 2.91. The zero-order valence-electron chi connectivity index (χ0n) is 14.3. The van der Waals surface area contributed by atoms with Gasteiger partial charge in [-0.05, 0) is 54.8 Å². The summed E-state index contributed by atoms with van der Waals surface area (Å²) in [5.41, 5.74) is 1.94. The molecule has 0 radical (unpaired) electrons. The van der Waals surface area contributed by atoms with Gasteiger partial charge in [-0.25, -0.2) is 9.78 Å². The van der Waals surface area contributed by atoms with Crippen molar-refractivity contribution >= 4 is 44.6 Å². The molecule has 0 saturated heterocycles. The first-order valence-corrected chi connectivity index (χ1v) is 11.1. The Balaban J connectivity index is 1.49. The number of hydrogen-bond donors (Lipinski definition) is 0. The molecule has 3 aromatic rings. The van der Waals surface area contributed by atoms with Crippen molar-refractivity contribution in [3.63, 3.8) is 0 Å². The molecular formula is C20H18BrNO2S2. The number of esters is 1. The van der Waals surface area contributed by atoms with Crippen LogP contribution in [0.1, 0.15) is 33.8 Å². The van der Waals surface area contributed by atoms with Crippen molar-refractivity contribution in [1.82, 2.24) is 4.98 Å². The van der Waals surface area contributed by atoms with E-state index < -0.39 is 0 Å². The van der Waals surface area contributed by atoms with Gasteiger partial charge >= 0.3 is 5.97 Å². The fraction of sp³-hybridized carbons (Fsp3) is 0.300. The third-order valence-corrected chi connectivity index (χ3v) is 7.18. The highest BCUT2D eigenvalue weighted by atomic mass is 79.9. The zero-order valence-corrected chi connectivity index (χ0v) is 17.5. The quantitative estimate of drug-likeness (QED) is 0.427. The van der Waals surface area contributed by atoms with Crippen molar-refractivity contribution in [2.45, 2.75) is 32.3 Å². The van der Waals surface area contributed by atoms with E-state index in [9.17, 15) is 4.79 Å². The number of thiophene rings is 1. The summed E-state index contributed by atoms with van der Waals surface area (Å²) >= 11 is 6.52. The molecule has 1 saturated carbocycles. The maximum absolute atomic E-state index is 12.8. The molecule has 0 bridgehead atoms. The van der Waals surface area contributed by atoms with Crippen LogP contribution in [-0.4, -0.2) is 17.1 Å². The number of aromatic nitrogens is 1. The minimum atomic E-state index is -0.239. The molecule has 1 atom stereocenters. The summed E-state index contributed by atoms with van der Waals surface area (Å²) < 4.78 is 6.99. The van der Waals surface area contributed by atoms with E-state index in [1.54, 1.807) is 11.3 Å². The Labute approximate surface area is 169 Å². The highest BCUT2D eigenvalue weighted by Crippen LogP contribution is 2.37. The van der Waals surface area contributed by atoms with Gasteiger partial charge in [0, 0.05) is 10.9 Å². The lowest BCUT2D eigenvalue weighted by Gasteiger charge is -2.17. The van der Waals surface area contributed by atoms with E-state index in [2.05, 4.69) is 33.0 Å². The normalized spacial score (nSPS) is 15.0. The molecule has 1 unspecified atom stereocenters. The van der Waals surface area contributed by atoms with Crippen LogP contribution in [0.5, 0.6) is 0 Å². The lowest BCUT2D eigenvalue weighted by atomic mass is 10.0. The number of nitrogens with zero attached hydrogens (tertiary/aromatic N) is 1. The number of halogens is 1. The first kappa shape index (κ1) is 17.9. The van der Waals surface area contributed by atoms with E-state index in [-0.39, 0.29) is 12.1 Å². The van der Waals surface area contributed by atoms with Crippen LogP contribution >= 0.6 is 38.6 Å². The van der Waals surface area contributed by atoms with Crippen LogP contribution in [0.25, 0.3) is 9.88 Å². The van der Waals surface area contributed by atoms with Gasteiger partial charge in [-0.2, -0.15) is 0 Å². The lowest BCUT2D eigenvalue weighted by molar-refractivity contribution is 0.0254. The number of carbonyl (C=O) groups is 1. The molecule has 2 heterocycles. The number of aryl methyl sites for hydroxylation is 1. The van der Waals surface area contributed by atoms with Gasteiger partial charge in [0.2, 0.25) is 0 Å². The molecule has 4 rings (SSSR count). The molecule has 0 amide bonds. The second-order valence-electron chi connectivity index (χ2n) is 6.52. The summed E-state index contributed by atoms with van der Waals surface area (Å²) in [7, 11) is 0. The van der Waals surface area contributed by atoms with Gasteiger partial charge in [-0.1, -0.05) is 34.1 Å². The van der Waals surface area contributed by atoms with Gasteiger partial charge in [0.15, 0.2) is 0 Å². The lowest BCUT2D eigenvalue weighted by Crippen LogP contribution is -2.22. The van der Waals surface area contributed by atoms with Crippen molar-refractivity contribution in [1.29, 1.82) is 0 Å². The Morgan fingerprint density at radius 3 is 2.73 bits per heavy atom. The second kappa shape index (κ2) is 7.62. The van der Waals surface area contributed by atoms with Gasteiger partial charge in [0.1, 0.15) is 16.0 Å². The molecule has 1 fully saturated rings. The van der Waals surface area contributed by atoms with Gasteiger partial charge in [0.05, 0.1) is 10.6 Å². The number of hydrogen-bond acceptors (Lipinski definition) is 5. The smallest absolute Gasteiger partial charge is 0.350 e. The second-order valence-corrected chi connectivity index (χ2v) is 9.39. The van der Waals surface area contributed by atoms with Gasteiger partial charge in [-0.3, -0.25) is 0 Å². The minimum Gasteiger partial charge on any atom is -0.457 e. The summed E-state index contributed by atoms with van der Waals surface area (Å²) in [5, 5.41) is 2.91. The van der Waals surface area contributed by atoms with Crippen LogP contribution in [0.4, 0.5) is 0 Å². The molecule has 0 spiro atoms. The van der Waals surface area contributed by atoms with Crippen LogP contribution < -0.4 is 0 Å². The van der Waals surface area contributed by atoms with Crippen molar-refractivity contribution in [2.75, 3.05) is 0 Å². The van der Waals surface area contributed by atoms with Crippen LogP contribution in [0.15, 0.2) is 46.3 Å². The zero-order chi connectivity index (χ0) is 18.1. The predicted octanol–water partition coefficient (Wildman–Crippen LogP) is 6.12. The predicted molar refractivity (Wildman–Crippen MR) is 110 cm³/mol. The summed E-state index contributed by atoms with van der Waals surface area (Å²) in [6.45, 7) is 1.88. The van der Waals surface area contributed by atoms with Crippen molar-refractivity contribution < 1.29 is 9.53 Å². The van der Waals surface area contributed by atoms with E-state index in [4.69, 9.17) is 4.74 Å². The summed E-state index contributed by atoms with van der Waals surface area (Å²) in [6, 6.07) is 12.2. The Bertz CT molecular complexity index is 899. The minimum absolute atomic E-state index is 0.0598. The number of rotatable bonds is 6. The van der Waals surface area contributed by atoms with Crippen molar-refractivity contribution in [3.8, 4) is 9.88 Å². The first-order valence-electron chi connectivity index (χ1n) is 8.57. The molecule has 134 valence electrons. The van der Waals surface area contributed by atoms with E-state index >= 15 is 0 Å². The van der Waals surface area contributed by atoms with E-state index in [1.807, 2.05) is 36.6 Å². The topological polar surface area (TPSA) is 39.2 Å². The molecule has 26 heavy (non-hydrogen) atoms. The molecular weight excluding hydrogens is 430 g/mol. The SMILES string of the molecule is Cc1nc(-c2cccs2)sc1C(=O)OC(Cc1ccc(Br)cc1)C1CC1. The van der Waals surface area contributed by atoms with E-state index in [0.29, 0.717) is 10.8 Å². The summed E-state index contributed by atoms with van der Waals surface area (Å²) in [4.78, 5) is 19.0. The maximum Gasteiger partial charge on any atom is 0.350 e. The standard InChI is InChI=1S/C20H18BrNO2S2/c1-12-18(26-19(22-12)17-3-2-10-25-17)20(23)24-16(14-6-7-14)11-13-4-8-15(21)9-5-13/h2-5,8-10,14,16H,6-7,11H2,1H3. The Kier molecular flexibility index (Phi) is 5.25. The maximum atomic E-state index is 12.8. The number of thiazole rings is 1. The first-order chi connectivity index (χ1) is 12.6. The average molecular weight is 448 g/mol. The molecule has 3 nitrogen and oxygen atoms in total. The number of ether oxygens (including phenoxy) is 1. The molecule has 1 aliphatic rings. The number of benzene rings is 1. The molecule has 1 aliphatic carbocycles. The Morgan fingerprint density at radius 1 is 1.31 bits per heavy atom. The van der Waals surface area contributed by atoms with Gasteiger partial charge in [0.25, 0.3) is 0 Å². The molecule has 1 aromatic carbocycles. The van der Waals surface area contributed by atoms with Crippen LogP contribution in [-0.2, 0) is 11.2 Å². The number of carbonyl (C=O) groups excluding carboxylic acids is 1. The van der Waals surface area contributed by atoms with Crippen LogP contribution in [0, 0.1) is 12.8 Å². The van der Waals surface area contributed by atoms with E-state index in [0.717, 1.165) is 39.3 Å². The third-order valence-electron chi connectivity index (χ3n) is 4.47. The Hall–Kier alpha value is -1.50.